The molecule has 0 saturated carbocycles. The lowest BCUT2D eigenvalue weighted by Crippen LogP contribution is -2.08. The Bertz CT molecular complexity index is 422. The SMILES string of the molecule is N#CCCCOc1ccc(F)c(C(F)(F)F)c1. The number of unbranched alkanes of at least 4 members (excludes halogenated alkanes) is 1. The van der Waals surface area contributed by atoms with Crippen LogP contribution in [0, 0.1) is 17.1 Å². The lowest BCUT2D eigenvalue weighted by molar-refractivity contribution is -0.140. The number of nitrogens with zero attached hydrogens (tertiary/aromatic N) is 1. The van der Waals surface area contributed by atoms with E-state index < -0.39 is 17.6 Å². The molecule has 2 nitrogen and oxygen atoms in total. The Balaban J connectivity index is 2.73. The van der Waals surface area contributed by atoms with Crippen molar-refractivity contribution in [1.82, 2.24) is 0 Å². The van der Waals surface area contributed by atoms with Gasteiger partial charge in [-0.15, -0.1) is 0 Å². The third-order valence-electron chi connectivity index (χ3n) is 1.94. The molecule has 92 valence electrons. The van der Waals surface area contributed by atoms with E-state index in [1.54, 1.807) is 0 Å². The summed E-state index contributed by atoms with van der Waals surface area (Å²) in [4.78, 5) is 0. The Hall–Kier alpha value is -1.77. The van der Waals surface area contributed by atoms with E-state index >= 15 is 0 Å². The van der Waals surface area contributed by atoms with Crippen LogP contribution in [-0.2, 0) is 6.18 Å². The molecule has 1 aromatic carbocycles. The van der Waals surface area contributed by atoms with Crippen molar-refractivity contribution in [3.63, 3.8) is 0 Å². The highest BCUT2D eigenvalue weighted by Crippen LogP contribution is 2.33. The van der Waals surface area contributed by atoms with Gasteiger partial charge in [-0.05, 0) is 24.6 Å². The van der Waals surface area contributed by atoms with E-state index in [1.807, 2.05) is 6.07 Å². The third kappa shape index (κ3) is 3.94. The van der Waals surface area contributed by atoms with Crippen molar-refractivity contribution in [2.75, 3.05) is 6.61 Å². The van der Waals surface area contributed by atoms with Crippen LogP contribution in [0.5, 0.6) is 5.75 Å². The van der Waals surface area contributed by atoms with Crippen LogP contribution in [-0.4, -0.2) is 6.61 Å². The normalized spacial score (nSPS) is 11.0. The summed E-state index contributed by atoms with van der Waals surface area (Å²) in [6.45, 7) is 0.122. The van der Waals surface area contributed by atoms with Crippen LogP contribution in [0.15, 0.2) is 18.2 Å². The lowest BCUT2D eigenvalue weighted by atomic mass is 10.2. The van der Waals surface area contributed by atoms with Crippen molar-refractivity contribution in [2.45, 2.75) is 19.0 Å². The summed E-state index contributed by atoms with van der Waals surface area (Å²) in [6.07, 6.45) is -4.07. The number of ether oxygens (including phenoxy) is 1. The summed E-state index contributed by atoms with van der Waals surface area (Å²) in [7, 11) is 0. The molecule has 17 heavy (non-hydrogen) atoms. The fourth-order valence-corrected chi connectivity index (χ4v) is 1.15. The average molecular weight is 247 g/mol. The van der Waals surface area contributed by atoms with Gasteiger partial charge in [-0.2, -0.15) is 18.4 Å². The number of hydrogen-bond donors (Lipinski definition) is 0. The van der Waals surface area contributed by atoms with E-state index in [4.69, 9.17) is 10.00 Å². The molecule has 0 fully saturated rings. The average Bonchev–Trinajstić information content (AvgIpc) is 2.25. The van der Waals surface area contributed by atoms with E-state index in [1.165, 1.54) is 0 Å². The summed E-state index contributed by atoms with van der Waals surface area (Å²) in [5, 5.41) is 8.25. The van der Waals surface area contributed by atoms with E-state index in [9.17, 15) is 17.6 Å². The van der Waals surface area contributed by atoms with E-state index in [0.717, 1.165) is 6.07 Å². The second kappa shape index (κ2) is 5.53. The van der Waals surface area contributed by atoms with Gasteiger partial charge < -0.3 is 4.74 Å². The fraction of sp³-hybridized carbons (Fsp3) is 0.364. The topological polar surface area (TPSA) is 33.0 Å². The second-order valence-corrected chi connectivity index (χ2v) is 3.25. The van der Waals surface area contributed by atoms with Crippen LogP contribution in [0.25, 0.3) is 0 Å². The van der Waals surface area contributed by atoms with E-state index in [0.29, 0.717) is 18.6 Å². The van der Waals surface area contributed by atoms with Gasteiger partial charge in [-0.3, -0.25) is 0 Å². The van der Waals surface area contributed by atoms with Crippen molar-refractivity contribution >= 4 is 0 Å². The smallest absolute Gasteiger partial charge is 0.419 e. The quantitative estimate of drug-likeness (QED) is 0.602. The largest absolute Gasteiger partial charge is 0.494 e. The number of hydrogen-bond acceptors (Lipinski definition) is 2. The van der Waals surface area contributed by atoms with Gasteiger partial charge in [0.1, 0.15) is 11.6 Å². The molecule has 0 bridgehead atoms. The first-order chi connectivity index (χ1) is 7.95. The van der Waals surface area contributed by atoms with E-state index in [2.05, 4.69) is 0 Å². The minimum atomic E-state index is -4.74. The molecule has 0 saturated heterocycles. The number of rotatable bonds is 4. The molecule has 0 spiro atoms. The van der Waals surface area contributed by atoms with Crippen molar-refractivity contribution in [2.24, 2.45) is 0 Å². The molecule has 1 rings (SSSR count). The van der Waals surface area contributed by atoms with Gasteiger partial charge in [0, 0.05) is 6.42 Å². The molecule has 1 aromatic rings. The summed E-state index contributed by atoms with van der Waals surface area (Å²) in [5.41, 5.74) is -1.35. The molecule has 0 aliphatic rings. The summed E-state index contributed by atoms with van der Waals surface area (Å²) >= 11 is 0. The minimum Gasteiger partial charge on any atom is -0.494 e. The maximum Gasteiger partial charge on any atom is 0.419 e. The first kappa shape index (κ1) is 13.3. The predicted molar refractivity (Wildman–Crippen MR) is 51.7 cm³/mol. The molecule has 0 radical (unpaired) electrons. The fourth-order valence-electron chi connectivity index (χ4n) is 1.15. The molecule has 0 aliphatic carbocycles. The molecule has 6 heteroatoms. The van der Waals surface area contributed by atoms with Crippen molar-refractivity contribution in [3.05, 3.63) is 29.6 Å². The molecule has 0 unspecified atom stereocenters. The van der Waals surface area contributed by atoms with Crippen LogP contribution in [0.4, 0.5) is 17.6 Å². The summed E-state index contributed by atoms with van der Waals surface area (Å²) in [6, 6.07) is 4.32. The van der Waals surface area contributed by atoms with Crippen LogP contribution >= 0.6 is 0 Å². The van der Waals surface area contributed by atoms with Crippen LogP contribution in [0.1, 0.15) is 18.4 Å². The standard InChI is InChI=1S/C11H9F4NO/c12-10-4-3-8(17-6-2-1-5-16)7-9(10)11(13,14)15/h3-4,7H,1-2,6H2. The zero-order valence-electron chi connectivity index (χ0n) is 8.72. The zero-order chi connectivity index (χ0) is 12.9. The Morgan fingerprint density at radius 3 is 2.59 bits per heavy atom. The number of alkyl halides is 3. The molecule has 0 amide bonds. The van der Waals surface area contributed by atoms with Crippen LogP contribution in [0.2, 0.25) is 0 Å². The van der Waals surface area contributed by atoms with Crippen molar-refractivity contribution in [3.8, 4) is 11.8 Å². The van der Waals surface area contributed by atoms with Crippen LogP contribution in [0.3, 0.4) is 0 Å². The molecule has 0 atom stereocenters. The molecule has 0 heterocycles. The zero-order valence-corrected chi connectivity index (χ0v) is 8.72. The van der Waals surface area contributed by atoms with Gasteiger partial charge in [0.2, 0.25) is 0 Å². The lowest BCUT2D eigenvalue weighted by Gasteiger charge is -2.10. The van der Waals surface area contributed by atoms with Crippen molar-refractivity contribution in [1.29, 1.82) is 5.26 Å². The number of benzene rings is 1. The molecular weight excluding hydrogens is 238 g/mol. The molecule has 0 aliphatic heterocycles. The molecular formula is C11H9F4NO. The predicted octanol–water partition coefficient (Wildman–Crippen LogP) is 3.53. The monoisotopic (exact) mass is 247 g/mol. The maximum atomic E-state index is 12.9. The highest BCUT2D eigenvalue weighted by molar-refractivity contribution is 5.31. The van der Waals surface area contributed by atoms with Gasteiger partial charge in [0.05, 0.1) is 18.2 Å². The van der Waals surface area contributed by atoms with Gasteiger partial charge in [-0.25, -0.2) is 4.39 Å². The van der Waals surface area contributed by atoms with Gasteiger partial charge >= 0.3 is 6.18 Å². The number of nitriles is 1. The third-order valence-corrected chi connectivity index (χ3v) is 1.94. The van der Waals surface area contributed by atoms with Gasteiger partial charge in [0.25, 0.3) is 0 Å². The summed E-state index contributed by atoms with van der Waals surface area (Å²) < 4.78 is 54.9. The first-order valence-electron chi connectivity index (χ1n) is 4.81. The van der Waals surface area contributed by atoms with Crippen molar-refractivity contribution < 1.29 is 22.3 Å². The number of halogens is 4. The molecule has 0 aromatic heterocycles. The Morgan fingerprint density at radius 2 is 2.00 bits per heavy atom. The Morgan fingerprint density at radius 1 is 1.29 bits per heavy atom. The minimum absolute atomic E-state index is 0.0586. The second-order valence-electron chi connectivity index (χ2n) is 3.25. The van der Waals surface area contributed by atoms with Crippen LogP contribution < -0.4 is 4.74 Å². The highest BCUT2D eigenvalue weighted by Gasteiger charge is 2.34. The molecule has 0 N–H and O–H groups in total. The highest BCUT2D eigenvalue weighted by atomic mass is 19.4. The Labute approximate surface area is 95.4 Å². The van der Waals surface area contributed by atoms with Gasteiger partial charge in [0.15, 0.2) is 0 Å². The Kier molecular flexibility index (Phi) is 4.32. The van der Waals surface area contributed by atoms with E-state index in [-0.39, 0.29) is 18.8 Å². The maximum absolute atomic E-state index is 12.9. The first-order valence-corrected chi connectivity index (χ1v) is 4.81. The summed E-state index contributed by atoms with van der Waals surface area (Å²) in [5.74, 6) is -1.39. The van der Waals surface area contributed by atoms with Gasteiger partial charge in [-0.1, -0.05) is 0 Å².